The Balaban J connectivity index is 2.44. The van der Waals surface area contributed by atoms with Crippen LogP contribution in [0.15, 0.2) is 0 Å². The van der Waals surface area contributed by atoms with Crippen LogP contribution in [0.1, 0.15) is 19.3 Å². The van der Waals surface area contributed by atoms with E-state index in [-0.39, 0.29) is 29.9 Å². The fraction of sp³-hybridized carbons (Fsp3) is 0.818. The number of carbonyl (C=O) groups is 2. The Morgan fingerprint density at radius 3 is 2.26 bits per heavy atom. The lowest BCUT2D eigenvalue weighted by molar-refractivity contribution is -0.136. The van der Waals surface area contributed by atoms with E-state index in [1.54, 1.807) is 4.90 Å². The molecule has 1 atom stereocenters. The minimum absolute atomic E-state index is 0.0995. The van der Waals surface area contributed by atoms with Crippen molar-refractivity contribution in [3.63, 3.8) is 0 Å². The number of nitrogens with zero attached hydrogens (tertiary/aromatic N) is 1. The van der Waals surface area contributed by atoms with E-state index in [0.29, 0.717) is 25.9 Å². The van der Waals surface area contributed by atoms with Gasteiger partial charge in [0, 0.05) is 25.3 Å². The van der Waals surface area contributed by atoms with Crippen molar-refractivity contribution in [2.24, 2.45) is 17.4 Å². The number of primary amides is 1. The van der Waals surface area contributed by atoms with Gasteiger partial charge in [-0.2, -0.15) is 0 Å². The van der Waals surface area contributed by atoms with Crippen LogP contribution in [0.25, 0.3) is 0 Å². The topological polar surface area (TPSA) is 124 Å². The molecule has 2 amide bonds. The average Bonchev–Trinajstić information content (AvgIpc) is 2.34. The Hall–Kier alpha value is -1.15. The molecule has 1 aliphatic heterocycles. The molecule has 0 saturated carbocycles. The first-order valence-corrected chi connectivity index (χ1v) is 8.28. The summed E-state index contributed by atoms with van der Waals surface area (Å²) < 4.78 is 22.0. The summed E-state index contributed by atoms with van der Waals surface area (Å²) in [5, 5.41) is 0. The quantitative estimate of drug-likeness (QED) is 0.636. The maximum atomic E-state index is 12.0. The molecule has 110 valence electrons. The van der Waals surface area contributed by atoms with Crippen molar-refractivity contribution in [2.45, 2.75) is 25.3 Å². The van der Waals surface area contributed by atoms with Crippen LogP contribution in [-0.4, -0.2) is 56.3 Å². The number of amides is 2. The van der Waals surface area contributed by atoms with Crippen molar-refractivity contribution in [3.05, 3.63) is 0 Å². The fourth-order valence-electron chi connectivity index (χ4n) is 2.08. The van der Waals surface area contributed by atoms with E-state index >= 15 is 0 Å². The molecular formula is C11H21N3O4S. The van der Waals surface area contributed by atoms with Crippen molar-refractivity contribution < 1.29 is 18.0 Å². The summed E-state index contributed by atoms with van der Waals surface area (Å²) in [6.07, 6.45) is 2.32. The number of rotatable bonds is 5. The van der Waals surface area contributed by atoms with Gasteiger partial charge >= 0.3 is 0 Å². The minimum atomic E-state index is -3.12. The number of carbonyl (C=O) groups excluding carboxylic acids is 2. The van der Waals surface area contributed by atoms with Crippen molar-refractivity contribution in [2.75, 3.05) is 25.1 Å². The van der Waals surface area contributed by atoms with E-state index in [9.17, 15) is 18.0 Å². The summed E-state index contributed by atoms with van der Waals surface area (Å²) in [5.41, 5.74) is 10.9. The zero-order chi connectivity index (χ0) is 14.6. The molecule has 4 N–H and O–H groups in total. The Morgan fingerprint density at radius 1 is 1.32 bits per heavy atom. The van der Waals surface area contributed by atoms with Gasteiger partial charge in [0.05, 0.1) is 11.8 Å². The highest BCUT2D eigenvalue weighted by Crippen LogP contribution is 2.17. The first kappa shape index (κ1) is 15.9. The molecule has 0 aromatic rings. The summed E-state index contributed by atoms with van der Waals surface area (Å²) in [7, 11) is -3.12. The molecule has 1 saturated heterocycles. The third-order valence-electron chi connectivity index (χ3n) is 3.33. The van der Waals surface area contributed by atoms with Gasteiger partial charge in [-0.15, -0.1) is 0 Å². The van der Waals surface area contributed by atoms with Crippen LogP contribution in [0.5, 0.6) is 0 Å². The van der Waals surface area contributed by atoms with Crippen LogP contribution in [0.3, 0.4) is 0 Å². The van der Waals surface area contributed by atoms with Crippen LogP contribution in [0, 0.1) is 5.92 Å². The molecule has 0 radical (unpaired) electrons. The number of hydrogen-bond acceptors (Lipinski definition) is 5. The van der Waals surface area contributed by atoms with Gasteiger partial charge in [-0.05, 0) is 19.3 Å². The zero-order valence-corrected chi connectivity index (χ0v) is 11.9. The molecule has 0 aliphatic carbocycles. The highest BCUT2D eigenvalue weighted by molar-refractivity contribution is 7.90. The normalized spacial score (nSPS) is 19.2. The number of likely N-dealkylation sites (tertiary alicyclic amines) is 1. The molecule has 1 fully saturated rings. The lowest BCUT2D eigenvalue weighted by Crippen LogP contribution is -2.48. The SMILES string of the molecule is CS(=O)(=O)CCC(N)C(=O)N1CCC(C(N)=O)CC1. The molecule has 0 aromatic carbocycles. The van der Waals surface area contributed by atoms with Gasteiger partial charge in [-0.1, -0.05) is 0 Å². The second-order valence-corrected chi connectivity index (χ2v) is 7.29. The molecule has 7 nitrogen and oxygen atoms in total. The van der Waals surface area contributed by atoms with Crippen molar-refractivity contribution in [3.8, 4) is 0 Å². The van der Waals surface area contributed by atoms with Crippen LogP contribution in [-0.2, 0) is 19.4 Å². The third-order valence-corrected chi connectivity index (χ3v) is 4.30. The highest BCUT2D eigenvalue weighted by atomic mass is 32.2. The van der Waals surface area contributed by atoms with Gasteiger partial charge in [-0.25, -0.2) is 8.42 Å². The molecule has 8 heteroatoms. The van der Waals surface area contributed by atoms with E-state index in [0.717, 1.165) is 6.26 Å². The lowest BCUT2D eigenvalue weighted by Gasteiger charge is -2.32. The van der Waals surface area contributed by atoms with Crippen LogP contribution in [0.4, 0.5) is 0 Å². The number of sulfone groups is 1. The van der Waals surface area contributed by atoms with E-state index in [2.05, 4.69) is 0 Å². The lowest BCUT2D eigenvalue weighted by atomic mass is 9.96. The molecular weight excluding hydrogens is 270 g/mol. The van der Waals surface area contributed by atoms with Gasteiger partial charge in [0.25, 0.3) is 0 Å². The zero-order valence-electron chi connectivity index (χ0n) is 11.0. The minimum Gasteiger partial charge on any atom is -0.369 e. The van der Waals surface area contributed by atoms with Gasteiger partial charge in [0.2, 0.25) is 11.8 Å². The van der Waals surface area contributed by atoms with E-state index in [1.807, 2.05) is 0 Å². The Bertz CT molecular complexity index is 441. The first-order chi connectivity index (χ1) is 8.70. The van der Waals surface area contributed by atoms with Crippen molar-refractivity contribution >= 4 is 21.7 Å². The van der Waals surface area contributed by atoms with E-state index < -0.39 is 15.9 Å². The molecule has 0 spiro atoms. The standard InChI is InChI=1S/C11H21N3O4S/c1-19(17,18)7-4-9(12)11(16)14-5-2-8(3-6-14)10(13)15/h8-9H,2-7,12H2,1H3,(H2,13,15). The average molecular weight is 291 g/mol. The van der Waals surface area contributed by atoms with Crippen LogP contribution in [0.2, 0.25) is 0 Å². The Kier molecular flexibility index (Phi) is 5.30. The number of hydrogen-bond donors (Lipinski definition) is 2. The Morgan fingerprint density at radius 2 is 1.84 bits per heavy atom. The highest BCUT2D eigenvalue weighted by Gasteiger charge is 2.28. The third kappa shape index (κ3) is 5.15. The summed E-state index contributed by atoms with van der Waals surface area (Å²) in [6.45, 7) is 0.887. The maximum absolute atomic E-state index is 12.0. The predicted molar refractivity (Wildman–Crippen MR) is 70.8 cm³/mol. The number of piperidine rings is 1. The van der Waals surface area contributed by atoms with Gasteiger partial charge in [0.1, 0.15) is 9.84 Å². The first-order valence-electron chi connectivity index (χ1n) is 6.22. The van der Waals surface area contributed by atoms with E-state index in [4.69, 9.17) is 11.5 Å². The molecule has 0 aromatic heterocycles. The summed E-state index contributed by atoms with van der Waals surface area (Å²) in [4.78, 5) is 24.6. The maximum Gasteiger partial charge on any atom is 0.239 e. The molecule has 1 heterocycles. The largest absolute Gasteiger partial charge is 0.369 e. The summed E-state index contributed by atoms with van der Waals surface area (Å²) >= 11 is 0. The predicted octanol–water partition coefficient (Wildman–Crippen LogP) is -1.53. The molecule has 19 heavy (non-hydrogen) atoms. The summed E-state index contributed by atoms with van der Waals surface area (Å²) in [5.74, 6) is -0.881. The van der Waals surface area contributed by atoms with E-state index in [1.165, 1.54) is 0 Å². The molecule has 0 bridgehead atoms. The second kappa shape index (κ2) is 6.33. The van der Waals surface area contributed by atoms with Crippen molar-refractivity contribution in [1.82, 2.24) is 4.90 Å². The van der Waals surface area contributed by atoms with Gasteiger partial charge < -0.3 is 16.4 Å². The smallest absolute Gasteiger partial charge is 0.239 e. The summed E-state index contributed by atoms with van der Waals surface area (Å²) in [6, 6.07) is -0.806. The number of nitrogens with two attached hydrogens (primary N) is 2. The van der Waals surface area contributed by atoms with Gasteiger partial charge in [-0.3, -0.25) is 9.59 Å². The Labute approximate surface area is 113 Å². The van der Waals surface area contributed by atoms with Crippen molar-refractivity contribution in [1.29, 1.82) is 0 Å². The van der Waals surface area contributed by atoms with Crippen LogP contribution < -0.4 is 11.5 Å². The van der Waals surface area contributed by atoms with Gasteiger partial charge in [0.15, 0.2) is 0 Å². The molecule has 1 unspecified atom stereocenters. The fourth-order valence-corrected chi connectivity index (χ4v) is 2.77. The second-order valence-electron chi connectivity index (χ2n) is 5.03. The van der Waals surface area contributed by atoms with Crippen LogP contribution >= 0.6 is 0 Å². The molecule has 1 rings (SSSR count). The monoisotopic (exact) mass is 291 g/mol. The molecule has 1 aliphatic rings.